The van der Waals surface area contributed by atoms with E-state index in [2.05, 4.69) is 49.1 Å². The van der Waals surface area contributed by atoms with Gasteiger partial charge in [-0.3, -0.25) is 4.79 Å². The number of fused-ring (bicyclic) bond motifs is 1. The van der Waals surface area contributed by atoms with Crippen LogP contribution in [0.4, 0.5) is 11.4 Å². The Morgan fingerprint density at radius 1 is 1.09 bits per heavy atom. The molecule has 118 valence electrons. The van der Waals surface area contributed by atoms with E-state index >= 15 is 0 Å². The average molecular weight is 436 g/mol. The standard InChI is InChI=1S/C18H16Br2N2O/c1-4-11-7-12(19)8-13-16(11)22-18(23)17(13)21-15-6-9(2)14(20)5-10(15)3/h5-8H,4H2,1-3H3,(H,21,22,23). The molecule has 23 heavy (non-hydrogen) atoms. The van der Waals surface area contributed by atoms with Crippen molar-refractivity contribution in [3.05, 3.63) is 55.5 Å². The molecule has 0 aromatic heterocycles. The number of nitrogens with zero attached hydrogens (tertiary/aromatic N) is 1. The van der Waals surface area contributed by atoms with Gasteiger partial charge in [0.25, 0.3) is 5.91 Å². The van der Waals surface area contributed by atoms with Gasteiger partial charge in [0.1, 0.15) is 5.71 Å². The predicted octanol–water partition coefficient (Wildman–Crippen LogP) is 5.46. The second-order valence-corrected chi connectivity index (χ2v) is 7.41. The summed E-state index contributed by atoms with van der Waals surface area (Å²) in [6.45, 7) is 6.09. The minimum atomic E-state index is -0.146. The van der Waals surface area contributed by atoms with Crippen molar-refractivity contribution in [2.24, 2.45) is 4.99 Å². The van der Waals surface area contributed by atoms with Gasteiger partial charge in [0.2, 0.25) is 0 Å². The second kappa shape index (κ2) is 6.21. The predicted molar refractivity (Wildman–Crippen MR) is 102 cm³/mol. The largest absolute Gasteiger partial charge is 0.320 e. The summed E-state index contributed by atoms with van der Waals surface area (Å²) in [6.07, 6.45) is 0.853. The van der Waals surface area contributed by atoms with Crippen molar-refractivity contribution >= 4 is 54.9 Å². The maximum atomic E-state index is 12.4. The quantitative estimate of drug-likeness (QED) is 0.668. The minimum Gasteiger partial charge on any atom is -0.320 e. The zero-order valence-electron chi connectivity index (χ0n) is 13.1. The van der Waals surface area contributed by atoms with Crippen molar-refractivity contribution in [3.8, 4) is 0 Å². The van der Waals surface area contributed by atoms with Gasteiger partial charge in [0.05, 0.1) is 11.4 Å². The van der Waals surface area contributed by atoms with Crippen molar-refractivity contribution in [3.63, 3.8) is 0 Å². The molecule has 0 saturated carbocycles. The molecule has 5 heteroatoms. The van der Waals surface area contributed by atoms with Crippen molar-refractivity contribution in [2.45, 2.75) is 27.2 Å². The van der Waals surface area contributed by atoms with Crippen molar-refractivity contribution in [1.29, 1.82) is 0 Å². The van der Waals surface area contributed by atoms with Gasteiger partial charge in [-0.05, 0) is 61.2 Å². The third-order valence-corrected chi connectivity index (χ3v) is 5.30. The number of carbonyl (C=O) groups is 1. The number of halogens is 2. The Balaban J connectivity index is 2.18. The van der Waals surface area contributed by atoms with Crippen LogP contribution in [0.5, 0.6) is 0 Å². The van der Waals surface area contributed by atoms with Crippen molar-refractivity contribution in [1.82, 2.24) is 0 Å². The molecular weight excluding hydrogens is 420 g/mol. The molecule has 0 fully saturated rings. The Morgan fingerprint density at radius 2 is 1.83 bits per heavy atom. The number of hydrogen-bond donors (Lipinski definition) is 1. The Bertz CT molecular complexity index is 857. The van der Waals surface area contributed by atoms with E-state index in [0.717, 1.165) is 49.0 Å². The first-order valence-electron chi connectivity index (χ1n) is 7.40. The first kappa shape index (κ1) is 16.4. The monoisotopic (exact) mass is 434 g/mol. The van der Waals surface area contributed by atoms with Gasteiger partial charge in [0.15, 0.2) is 0 Å². The second-order valence-electron chi connectivity index (χ2n) is 5.64. The fraction of sp³-hybridized carbons (Fsp3) is 0.222. The summed E-state index contributed by atoms with van der Waals surface area (Å²) in [4.78, 5) is 17.1. The first-order chi connectivity index (χ1) is 10.9. The van der Waals surface area contributed by atoms with Gasteiger partial charge in [0, 0.05) is 14.5 Å². The van der Waals surface area contributed by atoms with E-state index in [9.17, 15) is 4.79 Å². The summed E-state index contributed by atoms with van der Waals surface area (Å²) in [5, 5.41) is 2.96. The zero-order valence-corrected chi connectivity index (χ0v) is 16.3. The van der Waals surface area contributed by atoms with E-state index in [-0.39, 0.29) is 5.91 Å². The van der Waals surface area contributed by atoms with Gasteiger partial charge < -0.3 is 5.32 Å². The molecule has 3 nitrogen and oxygen atoms in total. The van der Waals surface area contributed by atoms with Gasteiger partial charge >= 0.3 is 0 Å². The fourth-order valence-corrected chi connectivity index (χ4v) is 3.65. The van der Waals surface area contributed by atoms with Crippen LogP contribution in [0.3, 0.4) is 0 Å². The molecule has 0 unspecified atom stereocenters. The number of rotatable bonds is 2. The van der Waals surface area contributed by atoms with Crippen LogP contribution in [0.1, 0.15) is 29.2 Å². The molecular formula is C18H16Br2N2O. The molecule has 1 N–H and O–H groups in total. The zero-order chi connectivity index (χ0) is 16.7. The molecule has 3 rings (SSSR count). The van der Waals surface area contributed by atoms with Crippen LogP contribution in [0, 0.1) is 13.8 Å². The summed E-state index contributed by atoms with van der Waals surface area (Å²) in [7, 11) is 0. The van der Waals surface area contributed by atoms with Crippen LogP contribution in [0.15, 0.2) is 38.2 Å². The van der Waals surface area contributed by atoms with Crippen LogP contribution >= 0.6 is 31.9 Å². The highest BCUT2D eigenvalue weighted by Gasteiger charge is 2.28. The molecule has 0 spiro atoms. The molecule has 1 amide bonds. The lowest BCUT2D eigenvalue weighted by molar-refractivity contribution is -0.110. The summed E-state index contributed by atoms with van der Waals surface area (Å²) in [5.74, 6) is -0.146. The number of benzene rings is 2. The lowest BCUT2D eigenvalue weighted by atomic mass is 10.0. The molecule has 1 aliphatic rings. The molecule has 0 aliphatic carbocycles. The van der Waals surface area contributed by atoms with Crippen LogP contribution in [0.2, 0.25) is 0 Å². The average Bonchev–Trinajstić information content (AvgIpc) is 2.80. The molecule has 0 atom stereocenters. The highest BCUT2D eigenvalue weighted by atomic mass is 79.9. The number of amides is 1. The number of hydrogen-bond acceptors (Lipinski definition) is 2. The highest BCUT2D eigenvalue weighted by Crippen LogP contribution is 2.34. The molecule has 1 heterocycles. The van der Waals surface area contributed by atoms with Gasteiger partial charge in [-0.15, -0.1) is 0 Å². The molecule has 2 aromatic carbocycles. The molecule has 2 aromatic rings. The Labute approximate surface area is 152 Å². The first-order valence-corrected chi connectivity index (χ1v) is 8.99. The summed E-state index contributed by atoms with van der Waals surface area (Å²) < 4.78 is 2.01. The number of aliphatic imine (C=N–C) groups is 1. The number of carbonyl (C=O) groups excluding carboxylic acids is 1. The normalized spacial score (nSPS) is 15.0. The number of anilines is 1. The third-order valence-electron chi connectivity index (χ3n) is 3.98. The van der Waals surface area contributed by atoms with Gasteiger partial charge in [-0.2, -0.15) is 0 Å². The Kier molecular flexibility index (Phi) is 4.43. The van der Waals surface area contributed by atoms with Crippen LogP contribution in [-0.2, 0) is 11.2 Å². The Morgan fingerprint density at radius 3 is 2.52 bits per heavy atom. The van der Waals surface area contributed by atoms with Crippen LogP contribution < -0.4 is 5.32 Å². The van der Waals surface area contributed by atoms with E-state index < -0.39 is 0 Å². The van der Waals surface area contributed by atoms with Gasteiger partial charge in [-0.1, -0.05) is 38.8 Å². The summed E-state index contributed by atoms with van der Waals surface area (Å²) in [5.41, 5.74) is 6.27. The molecule has 0 radical (unpaired) electrons. The minimum absolute atomic E-state index is 0.146. The third kappa shape index (κ3) is 3.00. The van der Waals surface area contributed by atoms with E-state index in [4.69, 9.17) is 0 Å². The molecule has 0 saturated heterocycles. The number of nitrogens with one attached hydrogen (secondary N) is 1. The van der Waals surface area contributed by atoms with Gasteiger partial charge in [-0.25, -0.2) is 4.99 Å². The number of aryl methyl sites for hydroxylation is 3. The lowest BCUT2D eigenvalue weighted by Crippen LogP contribution is -2.14. The maximum absolute atomic E-state index is 12.4. The van der Waals surface area contributed by atoms with E-state index in [1.165, 1.54) is 0 Å². The van der Waals surface area contributed by atoms with E-state index in [1.54, 1.807) is 0 Å². The lowest BCUT2D eigenvalue weighted by Gasteiger charge is -2.07. The van der Waals surface area contributed by atoms with Crippen LogP contribution in [-0.4, -0.2) is 11.6 Å². The SMILES string of the molecule is CCc1cc(Br)cc2c1NC(=O)C2=Nc1cc(C)c(Br)cc1C. The van der Waals surface area contributed by atoms with E-state index in [0.29, 0.717) is 5.71 Å². The maximum Gasteiger partial charge on any atom is 0.275 e. The summed E-state index contributed by atoms with van der Waals surface area (Å²) in [6, 6.07) is 8.01. The summed E-state index contributed by atoms with van der Waals surface area (Å²) >= 11 is 7.05. The fourth-order valence-electron chi connectivity index (χ4n) is 2.69. The highest BCUT2D eigenvalue weighted by molar-refractivity contribution is 9.10. The topological polar surface area (TPSA) is 41.5 Å². The molecule has 0 bridgehead atoms. The van der Waals surface area contributed by atoms with Crippen molar-refractivity contribution < 1.29 is 4.79 Å². The smallest absolute Gasteiger partial charge is 0.275 e. The van der Waals surface area contributed by atoms with Crippen molar-refractivity contribution in [2.75, 3.05) is 5.32 Å². The molecule has 1 aliphatic heterocycles. The van der Waals surface area contributed by atoms with Crippen LogP contribution in [0.25, 0.3) is 0 Å². The Hall–Kier alpha value is -1.46. The van der Waals surface area contributed by atoms with E-state index in [1.807, 2.05) is 38.1 Å².